The van der Waals surface area contributed by atoms with Gasteiger partial charge in [0.1, 0.15) is 0 Å². The Balaban J connectivity index is 0. The summed E-state index contributed by atoms with van der Waals surface area (Å²) in [5.74, 6) is 0. The van der Waals surface area contributed by atoms with E-state index in [1.807, 2.05) is 0 Å². The number of hydrogen-bond acceptors (Lipinski definition) is 0. The summed E-state index contributed by atoms with van der Waals surface area (Å²) in [7, 11) is 0. The number of hydrogen-bond donors (Lipinski definition) is 0. The Bertz CT molecular complexity index is 0. The molecule has 0 aliphatic heterocycles. The van der Waals surface area contributed by atoms with Crippen LogP contribution >= 0.6 is 0 Å². The van der Waals surface area contributed by atoms with Crippen molar-refractivity contribution < 1.29 is 463 Å². The Morgan fingerprint density at radius 1 is 0.0455 bits per heavy atom. The molecule has 22 heteroatoms. The quantitative estimate of drug-likeness (QED) is 0.320. The van der Waals surface area contributed by atoms with E-state index in [1.54, 1.807) is 0 Å². The van der Waals surface area contributed by atoms with E-state index in [0.717, 1.165) is 0 Å². The first-order valence-electron chi connectivity index (χ1n) is 0. The maximum atomic E-state index is 0. The predicted octanol–water partition coefficient (Wildman–Crippen LogP) is -0.0550. The van der Waals surface area contributed by atoms with E-state index in [2.05, 4.69) is 0 Å². The van der Waals surface area contributed by atoms with E-state index in [0.29, 0.717) is 0 Å². The molecule has 0 aliphatic carbocycles. The van der Waals surface area contributed by atoms with Crippen LogP contribution in [0.25, 0.3) is 0 Å². The van der Waals surface area contributed by atoms with Gasteiger partial charge in [-0.25, -0.2) is 0 Å². The molecule has 0 aromatic heterocycles. The molecule has 132 valence electrons. The van der Waals surface area contributed by atoms with E-state index in [-0.39, 0.29) is 463 Å². The summed E-state index contributed by atoms with van der Waals surface area (Å²) in [6.07, 6.45) is 0. The standard InChI is InChI=1S/22W. The average Bonchev–Trinajstić information content (AvgIpc) is 0. The summed E-state index contributed by atoms with van der Waals surface area (Å²) in [6, 6.07) is 0. The van der Waals surface area contributed by atoms with Crippen molar-refractivity contribution in [3.63, 3.8) is 0 Å². The van der Waals surface area contributed by atoms with Crippen LogP contribution < -0.4 is 0 Å². The van der Waals surface area contributed by atoms with Gasteiger partial charge in [0.15, 0.2) is 0 Å². The molecule has 0 atom stereocenters. The minimum atomic E-state index is 0. The van der Waals surface area contributed by atoms with Gasteiger partial charge in [-0.2, -0.15) is 0 Å². The summed E-state index contributed by atoms with van der Waals surface area (Å²) in [5, 5.41) is 0. The summed E-state index contributed by atoms with van der Waals surface area (Å²) < 4.78 is 0. The fourth-order valence-corrected chi connectivity index (χ4v) is 0. The molecule has 22 heavy (non-hydrogen) atoms. The molecule has 0 amide bonds. The van der Waals surface area contributed by atoms with Gasteiger partial charge in [0.05, 0.1) is 0 Å². The van der Waals surface area contributed by atoms with Crippen LogP contribution in [-0.2, 0) is 463 Å². The normalized spacial score (nSPS) is 0. The molecule has 0 saturated carbocycles. The Hall–Kier alpha value is 15.1. The van der Waals surface area contributed by atoms with E-state index in [1.165, 1.54) is 0 Å². The van der Waals surface area contributed by atoms with Gasteiger partial charge in [-0.15, -0.1) is 0 Å². The number of rotatable bonds is 0. The molecule has 0 saturated heterocycles. The second kappa shape index (κ2) is 195. The maximum absolute atomic E-state index is 0. The van der Waals surface area contributed by atoms with Crippen LogP contribution in [0.1, 0.15) is 0 Å². The van der Waals surface area contributed by atoms with Crippen molar-refractivity contribution in [2.24, 2.45) is 0 Å². The van der Waals surface area contributed by atoms with Crippen LogP contribution in [0.2, 0.25) is 0 Å². The first kappa shape index (κ1) is 212. The second-order valence-electron chi connectivity index (χ2n) is 0. The van der Waals surface area contributed by atoms with E-state index in [4.69, 9.17) is 0 Å². The third kappa shape index (κ3) is 179. The fraction of sp³-hybridized carbons (Fsp3) is 0. The first-order chi connectivity index (χ1) is 0. The maximum Gasteiger partial charge on any atom is 0 e. The van der Waals surface area contributed by atoms with Crippen molar-refractivity contribution in [1.29, 1.82) is 0 Å². The fourth-order valence-electron chi connectivity index (χ4n) is 0. The molecule has 0 N–H and O–H groups in total. The topological polar surface area (TPSA) is 0 Å². The van der Waals surface area contributed by atoms with Gasteiger partial charge in [-0.3, -0.25) is 0 Å². The molecule has 0 bridgehead atoms. The molecule has 0 rings (SSSR count). The zero-order valence-electron chi connectivity index (χ0n) is 8.98. The molecule has 0 aromatic carbocycles. The molecular formula is W22. The molecule has 0 aromatic rings. The van der Waals surface area contributed by atoms with Gasteiger partial charge in [-0.05, 0) is 0 Å². The zero-order valence-corrected chi connectivity index (χ0v) is 73.5. The smallest absolute Gasteiger partial charge is 0 e. The van der Waals surface area contributed by atoms with E-state index < -0.39 is 0 Å². The van der Waals surface area contributed by atoms with Crippen molar-refractivity contribution in [3.8, 4) is 0 Å². The van der Waals surface area contributed by atoms with E-state index >= 15 is 0 Å². The van der Waals surface area contributed by atoms with Crippen LogP contribution in [0.3, 0.4) is 0 Å². The van der Waals surface area contributed by atoms with Crippen molar-refractivity contribution in [2.75, 3.05) is 0 Å². The Morgan fingerprint density at radius 3 is 0.0455 bits per heavy atom. The SMILES string of the molecule is [W].[W].[W].[W].[W].[W].[W].[W].[W].[W].[W].[W].[W].[W].[W].[W].[W].[W].[W].[W].[W].[W]. The second-order valence-corrected chi connectivity index (χ2v) is 0. The van der Waals surface area contributed by atoms with Crippen LogP contribution in [-0.4, -0.2) is 0 Å². The van der Waals surface area contributed by atoms with E-state index in [9.17, 15) is 0 Å². The van der Waals surface area contributed by atoms with Gasteiger partial charge < -0.3 is 0 Å². The summed E-state index contributed by atoms with van der Waals surface area (Å²) >= 11 is 0. The van der Waals surface area contributed by atoms with Crippen molar-refractivity contribution in [1.82, 2.24) is 0 Å². The van der Waals surface area contributed by atoms with Crippen LogP contribution in [0, 0.1) is 0 Å². The van der Waals surface area contributed by atoms with Crippen LogP contribution in [0.4, 0.5) is 0 Å². The third-order valence-electron chi connectivity index (χ3n) is 0. The minimum Gasteiger partial charge on any atom is 0 e. The molecule has 0 nitrogen and oxygen atoms in total. The molecule has 0 aliphatic rings. The molecule has 0 heterocycles. The van der Waals surface area contributed by atoms with Gasteiger partial charge in [0.25, 0.3) is 0 Å². The third-order valence-corrected chi connectivity index (χ3v) is 0. The average molecular weight is 4040 g/mol. The Morgan fingerprint density at radius 2 is 0.0455 bits per heavy atom. The van der Waals surface area contributed by atoms with Gasteiger partial charge in [0.2, 0.25) is 0 Å². The van der Waals surface area contributed by atoms with Gasteiger partial charge >= 0.3 is 0 Å². The van der Waals surface area contributed by atoms with Crippen LogP contribution in [0.15, 0.2) is 0 Å². The zero-order chi connectivity index (χ0) is 0. The minimum absolute atomic E-state index is 0. The monoisotopic (exact) mass is 4050 g/mol. The van der Waals surface area contributed by atoms with Crippen molar-refractivity contribution >= 4 is 0 Å². The van der Waals surface area contributed by atoms with Crippen molar-refractivity contribution in [2.45, 2.75) is 0 Å². The summed E-state index contributed by atoms with van der Waals surface area (Å²) in [4.78, 5) is 0. The molecule has 0 radical (unpaired) electrons. The van der Waals surface area contributed by atoms with Crippen molar-refractivity contribution in [3.05, 3.63) is 0 Å². The van der Waals surface area contributed by atoms with Gasteiger partial charge in [0, 0.05) is 463 Å². The molecular weight excluding hydrogens is 4040 g/mol. The molecule has 0 spiro atoms. The first-order valence-corrected chi connectivity index (χ1v) is 0. The predicted molar refractivity (Wildman–Crippen MR) is 0 cm³/mol. The Kier molecular flexibility index (Phi) is 1870. The molecule has 0 unspecified atom stereocenters. The Labute approximate surface area is 450 Å². The summed E-state index contributed by atoms with van der Waals surface area (Å²) in [6.45, 7) is 0. The molecule has 0 fully saturated rings. The van der Waals surface area contributed by atoms with Gasteiger partial charge in [-0.1, -0.05) is 0 Å². The summed E-state index contributed by atoms with van der Waals surface area (Å²) in [5.41, 5.74) is 0. The largest absolute Gasteiger partial charge is 0 e. The van der Waals surface area contributed by atoms with Crippen LogP contribution in [0.5, 0.6) is 0 Å².